The number of thiophene rings is 1. The highest BCUT2D eigenvalue weighted by atomic mass is 79.9. The molecule has 20 heavy (non-hydrogen) atoms. The van der Waals surface area contributed by atoms with Crippen molar-refractivity contribution in [1.29, 1.82) is 0 Å². The second-order valence-corrected chi connectivity index (χ2v) is 7.36. The molecule has 0 aliphatic heterocycles. The van der Waals surface area contributed by atoms with Gasteiger partial charge >= 0.3 is 0 Å². The molecule has 0 bridgehead atoms. The van der Waals surface area contributed by atoms with Crippen molar-refractivity contribution in [3.8, 4) is 0 Å². The van der Waals surface area contributed by atoms with Crippen molar-refractivity contribution in [1.82, 2.24) is 4.90 Å². The Kier molecular flexibility index (Phi) is 4.83. The summed E-state index contributed by atoms with van der Waals surface area (Å²) in [5.41, 5.74) is 1.75. The minimum absolute atomic E-state index is 0.0400. The normalized spacial score (nSPS) is 10.4. The van der Waals surface area contributed by atoms with E-state index >= 15 is 0 Å². The maximum absolute atomic E-state index is 12.4. The summed E-state index contributed by atoms with van der Waals surface area (Å²) in [5, 5.41) is 0. The van der Waals surface area contributed by atoms with Crippen LogP contribution in [0.2, 0.25) is 0 Å². The summed E-state index contributed by atoms with van der Waals surface area (Å²) < 4.78 is 1.09. The summed E-state index contributed by atoms with van der Waals surface area (Å²) in [6.45, 7) is 0.626. The van der Waals surface area contributed by atoms with E-state index in [2.05, 4.69) is 15.9 Å². The van der Waals surface area contributed by atoms with Crippen LogP contribution in [0.5, 0.6) is 0 Å². The molecular formula is C15H17BrN2OS. The lowest BCUT2D eigenvalue weighted by Gasteiger charge is -2.18. The van der Waals surface area contributed by atoms with Crippen molar-refractivity contribution in [2.75, 3.05) is 26.0 Å². The van der Waals surface area contributed by atoms with E-state index in [1.54, 1.807) is 16.2 Å². The average Bonchev–Trinajstić information content (AvgIpc) is 2.83. The van der Waals surface area contributed by atoms with Crippen LogP contribution < -0.4 is 4.90 Å². The highest BCUT2D eigenvalue weighted by Gasteiger charge is 2.13. The molecule has 1 aromatic heterocycles. The van der Waals surface area contributed by atoms with Gasteiger partial charge in [0.2, 0.25) is 0 Å². The van der Waals surface area contributed by atoms with E-state index in [4.69, 9.17) is 0 Å². The number of carbonyl (C=O) groups is 1. The van der Waals surface area contributed by atoms with Crippen LogP contribution in [0.25, 0.3) is 0 Å². The van der Waals surface area contributed by atoms with Gasteiger partial charge in [-0.05, 0) is 46.3 Å². The molecule has 1 amide bonds. The number of halogens is 1. The zero-order valence-corrected chi connectivity index (χ0v) is 14.2. The summed E-state index contributed by atoms with van der Waals surface area (Å²) in [6, 6.07) is 11.7. The average molecular weight is 353 g/mol. The number of amides is 1. The van der Waals surface area contributed by atoms with Gasteiger partial charge in [0.05, 0.1) is 10.3 Å². The number of nitrogens with zero attached hydrogens (tertiary/aromatic N) is 2. The standard InChI is InChI=1S/C15H17BrN2OS/c1-17(2)12-6-4-5-11(9-12)15(19)18(3)10-13-7-8-14(16)20-13/h4-9H,10H2,1-3H3. The Bertz CT molecular complexity index is 609. The molecule has 0 aliphatic carbocycles. The van der Waals surface area contributed by atoms with Gasteiger partial charge in [0.25, 0.3) is 5.91 Å². The van der Waals surface area contributed by atoms with E-state index in [1.807, 2.05) is 62.4 Å². The number of anilines is 1. The maximum Gasteiger partial charge on any atom is 0.253 e. The van der Waals surface area contributed by atoms with Gasteiger partial charge in [-0.3, -0.25) is 4.79 Å². The molecule has 0 saturated heterocycles. The van der Waals surface area contributed by atoms with Crippen molar-refractivity contribution >= 4 is 38.9 Å². The van der Waals surface area contributed by atoms with Crippen molar-refractivity contribution in [2.45, 2.75) is 6.54 Å². The number of rotatable bonds is 4. The van der Waals surface area contributed by atoms with Gasteiger partial charge in [-0.25, -0.2) is 0 Å². The predicted molar refractivity (Wildman–Crippen MR) is 88.6 cm³/mol. The lowest BCUT2D eigenvalue weighted by Crippen LogP contribution is -2.26. The third-order valence-electron chi connectivity index (χ3n) is 2.98. The van der Waals surface area contributed by atoms with Gasteiger partial charge in [0.15, 0.2) is 0 Å². The zero-order chi connectivity index (χ0) is 14.7. The molecule has 106 valence electrons. The van der Waals surface area contributed by atoms with Gasteiger partial charge in [-0.15, -0.1) is 11.3 Å². The van der Waals surface area contributed by atoms with Crippen LogP contribution in [0.3, 0.4) is 0 Å². The first-order chi connectivity index (χ1) is 9.47. The topological polar surface area (TPSA) is 23.6 Å². The molecule has 3 nitrogen and oxygen atoms in total. The van der Waals surface area contributed by atoms with Crippen LogP contribution in [0.4, 0.5) is 5.69 Å². The molecular weight excluding hydrogens is 336 g/mol. The molecule has 0 N–H and O–H groups in total. The molecule has 1 heterocycles. The van der Waals surface area contributed by atoms with Crippen LogP contribution in [0, 0.1) is 0 Å². The van der Waals surface area contributed by atoms with Crippen LogP contribution in [0.1, 0.15) is 15.2 Å². The van der Waals surface area contributed by atoms with Crippen LogP contribution in [0.15, 0.2) is 40.2 Å². The molecule has 0 spiro atoms. The fourth-order valence-corrected chi connectivity index (χ4v) is 3.42. The lowest BCUT2D eigenvalue weighted by atomic mass is 10.1. The van der Waals surface area contributed by atoms with E-state index in [0.29, 0.717) is 12.1 Å². The Balaban J connectivity index is 2.12. The Morgan fingerprint density at radius 1 is 1.20 bits per heavy atom. The largest absolute Gasteiger partial charge is 0.378 e. The monoisotopic (exact) mass is 352 g/mol. The van der Waals surface area contributed by atoms with Gasteiger partial charge in [-0.2, -0.15) is 0 Å². The zero-order valence-electron chi connectivity index (χ0n) is 11.8. The van der Waals surface area contributed by atoms with Crippen molar-refractivity contribution in [3.63, 3.8) is 0 Å². The van der Waals surface area contributed by atoms with Gasteiger partial charge in [-0.1, -0.05) is 6.07 Å². The van der Waals surface area contributed by atoms with Gasteiger partial charge in [0, 0.05) is 37.3 Å². The summed E-state index contributed by atoms with van der Waals surface area (Å²) >= 11 is 5.09. The highest BCUT2D eigenvalue weighted by molar-refractivity contribution is 9.11. The molecule has 0 fully saturated rings. The Labute approximate surface area is 132 Å². The first-order valence-corrected chi connectivity index (χ1v) is 7.85. The van der Waals surface area contributed by atoms with E-state index < -0.39 is 0 Å². The minimum atomic E-state index is 0.0400. The summed E-state index contributed by atoms with van der Waals surface area (Å²) in [6.07, 6.45) is 0. The molecule has 0 radical (unpaired) electrons. The molecule has 5 heteroatoms. The number of benzene rings is 1. The van der Waals surface area contributed by atoms with Crippen LogP contribution in [-0.2, 0) is 6.54 Å². The van der Waals surface area contributed by atoms with Crippen LogP contribution in [-0.4, -0.2) is 32.0 Å². The minimum Gasteiger partial charge on any atom is -0.378 e. The first kappa shape index (κ1) is 15.1. The van der Waals surface area contributed by atoms with Crippen molar-refractivity contribution < 1.29 is 4.79 Å². The number of carbonyl (C=O) groups excluding carboxylic acids is 1. The smallest absolute Gasteiger partial charge is 0.253 e. The van der Waals surface area contributed by atoms with Crippen molar-refractivity contribution in [3.05, 3.63) is 50.6 Å². The third-order valence-corrected chi connectivity index (χ3v) is 4.59. The van der Waals surface area contributed by atoms with E-state index in [1.165, 1.54) is 0 Å². The van der Waals surface area contributed by atoms with Crippen molar-refractivity contribution in [2.24, 2.45) is 0 Å². The predicted octanol–water partition coefficient (Wildman–Crippen LogP) is 3.85. The molecule has 0 saturated carbocycles. The van der Waals surface area contributed by atoms with E-state index in [0.717, 1.165) is 14.4 Å². The second-order valence-electron chi connectivity index (χ2n) is 4.81. The molecule has 0 atom stereocenters. The Morgan fingerprint density at radius 2 is 1.95 bits per heavy atom. The van der Waals surface area contributed by atoms with Gasteiger partial charge < -0.3 is 9.80 Å². The number of hydrogen-bond donors (Lipinski definition) is 0. The second kappa shape index (κ2) is 6.41. The van der Waals surface area contributed by atoms with E-state index in [-0.39, 0.29) is 5.91 Å². The third kappa shape index (κ3) is 3.61. The highest BCUT2D eigenvalue weighted by Crippen LogP contribution is 2.23. The quantitative estimate of drug-likeness (QED) is 0.834. The SMILES string of the molecule is CN(Cc1ccc(Br)s1)C(=O)c1cccc(N(C)C)c1. The maximum atomic E-state index is 12.4. The molecule has 0 aliphatic rings. The fourth-order valence-electron chi connectivity index (χ4n) is 1.88. The molecule has 2 aromatic rings. The fraction of sp³-hybridized carbons (Fsp3) is 0.267. The Morgan fingerprint density at radius 3 is 2.55 bits per heavy atom. The lowest BCUT2D eigenvalue weighted by molar-refractivity contribution is 0.0786. The van der Waals surface area contributed by atoms with Gasteiger partial charge in [0.1, 0.15) is 0 Å². The number of hydrogen-bond acceptors (Lipinski definition) is 3. The molecule has 0 unspecified atom stereocenters. The molecule has 1 aromatic carbocycles. The molecule has 2 rings (SSSR count). The summed E-state index contributed by atoms with van der Waals surface area (Å²) in [5.74, 6) is 0.0400. The Hall–Kier alpha value is -1.33. The van der Waals surface area contributed by atoms with E-state index in [9.17, 15) is 4.79 Å². The summed E-state index contributed by atoms with van der Waals surface area (Å²) in [7, 11) is 5.77. The first-order valence-electron chi connectivity index (χ1n) is 6.24. The summed E-state index contributed by atoms with van der Waals surface area (Å²) in [4.78, 5) is 17.3. The van der Waals surface area contributed by atoms with Crippen LogP contribution >= 0.6 is 27.3 Å².